The lowest BCUT2D eigenvalue weighted by atomic mass is 10.2. The fourth-order valence-electron chi connectivity index (χ4n) is 1.85. The molecular formula is C13H16N2O4. The van der Waals surface area contributed by atoms with Gasteiger partial charge in [0.2, 0.25) is 5.88 Å². The summed E-state index contributed by atoms with van der Waals surface area (Å²) in [5.41, 5.74) is 0.457. The van der Waals surface area contributed by atoms with E-state index in [2.05, 4.69) is 4.98 Å². The molecule has 0 bridgehead atoms. The number of nitrogens with zero attached hydrogens (tertiary/aromatic N) is 2. The van der Waals surface area contributed by atoms with E-state index >= 15 is 0 Å². The van der Waals surface area contributed by atoms with Crippen molar-refractivity contribution in [3.63, 3.8) is 0 Å². The lowest BCUT2D eigenvalue weighted by Crippen LogP contribution is -2.35. The predicted octanol–water partition coefficient (Wildman–Crippen LogP) is 1.17. The molecule has 1 heterocycles. The fourth-order valence-corrected chi connectivity index (χ4v) is 1.85. The van der Waals surface area contributed by atoms with Gasteiger partial charge in [-0.3, -0.25) is 9.59 Å². The molecule has 2 rings (SSSR count). The first-order valence-corrected chi connectivity index (χ1v) is 6.14. The molecule has 1 aliphatic rings. The van der Waals surface area contributed by atoms with E-state index in [1.165, 1.54) is 13.3 Å². The maximum atomic E-state index is 12.3. The Bertz CT molecular complexity index is 468. The molecule has 6 nitrogen and oxygen atoms in total. The first-order chi connectivity index (χ1) is 9.11. The first kappa shape index (κ1) is 13.3. The first-order valence-electron chi connectivity index (χ1n) is 6.14. The molecular weight excluding hydrogens is 248 g/mol. The number of hydrogen-bond acceptors (Lipinski definition) is 4. The number of aliphatic carboxylic acids is 1. The molecule has 0 saturated heterocycles. The van der Waals surface area contributed by atoms with Gasteiger partial charge in [0, 0.05) is 24.8 Å². The van der Waals surface area contributed by atoms with E-state index in [1.807, 2.05) is 0 Å². The van der Waals surface area contributed by atoms with Crippen molar-refractivity contribution in [1.29, 1.82) is 0 Å². The van der Waals surface area contributed by atoms with Crippen molar-refractivity contribution in [3.8, 4) is 5.88 Å². The van der Waals surface area contributed by atoms with E-state index in [0.29, 0.717) is 11.4 Å². The normalized spacial score (nSPS) is 13.9. The van der Waals surface area contributed by atoms with E-state index < -0.39 is 5.97 Å². The second-order valence-corrected chi connectivity index (χ2v) is 4.46. The van der Waals surface area contributed by atoms with Crippen molar-refractivity contribution in [2.45, 2.75) is 25.3 Å². The van der Waals surface area contributed by atoms with Crippen molar-refractivity contribution in [2.75, 3.05) is 13.7 Å². The summed E-state index contributed by atoms with van der Waals surface area (Å²) in [5, 5.41) is 8.72. The van der Waals surface area contributed by atoms with Crippen molar-refractivity contribution in [1.82, 2.24) is 9.88 Å². The molecule has 1 saturated carbocycles. The molecule has 0 unspecified atom stereocenters. The highest BCUT2D eigenvalue weighted by Gasteiger charge is 2.33. The minimum absolute atomic E-state index is 0.0359. The van der Waals surface area contributed by atoms with Crippen LogP contribution >= 0.6 is 0 Å². The van der Waals surface area contributed by atoms with E-state index in [-0.39, 0.29) is 24.9 Å². The summed E-state index contributed by atoms with van der Waals surface area (Å²) >= 11 is 0. The summed E-state index contributed by atoms with van der Waals surface area (Å²) in [7, 11) is 1.51. The summed E-state index contributed by atoms with van der Waals surface area (Å²) in [4.78, 5) is 28.5. The summed E-state index contributed by atoms with van der Waals surface area (Å²) < 4.78 is 4.93. The summed E-state index contributed by atoms with van der Waals surface area (Å²) in [5.74, 6) is -0.620. The van der Waals surface area contributed by atoms with Gasteiger partial charge in [0.15, 0.2) is 0 Å². The van der Waals surface area contributed by atoms with Crippen molar-refractivity contribution in [2.24, 2.45) is 0 Å². The zero-order valence-corrected chi connectivity index (χ0v) is 10.7. The maximum Gasteiger partial charge on any atom is 0.305 e. The predicted molar refractivity (Wildman–Crippen MR) is 67.1 cm³/mol. The number of rotatable bonds is 6. The number of pyridine rings is 1. The average Bonchev–Trinajstić information content (AvgIpc) is 3.23. The van der Waals surface area contributed by atoms with Crippen LogP contribution in [0.1, 0.15) is 29.6 Å². The van der Waals surface area contributed by atoms with Gasteiger partial charge >= 0.3 is 5.97 Å². The van der Waals surface area contributed by atoms with E-state index in [0.717, 1.165) is 12.8 Å². The Balaban J connectivity index is 2.07. The molecule has 0 spiro atoms. The van der Waals surface area contributed by atoms with Crippen LogP contribution in [0.4, 0.5) is 0 Å². The van der Waals surface area contributed by atoms with Crippen LogP contribution in [0.15, 0.2) is 18.3 Å². The van der Waals surface area contributed by atoms with Gasteiger partial charge in [-0.2, -0.15) is 0 Å². The second kappa shape index (κ2) is 5.69. The average molecular weight is 264 g/mol. The smallest absolute Gasteiger partial charge is 0.305 e. The zero-order valence-electron chi connectivity index (χ0n) is 10.7. The van der Waals surface area contributed by atoms with Gasteiger partial charge in [-0.05, 0) is 18.9 Å². The van der Waals surface area contributed by atoms with Gasteiger partial charge < -0.3 is 14.7 Å². The third kappa shape index (κ3) is 3.43. The van der Waals surface area contributed by atoms with Crippen LogP contribution in [0.3, 0.4) is 0 Å². The molecule has 0 aromatic carbocycles. The molecule has 1 aromatic heterocycles. The van der Waals surface area contributed by atoms with Gasteiger partial charge in [0.1, 0.15) is 0 Å². The molecule has 1 fully saturated rings. The van der Waals surface area contributed by atoms with Gasteiger partial charge in [0.25, 0.3) is 5.91 Å². The molecule has 0 aliphatic heterocycles. The molecule has 1 aromatic rings. The third-order valence-electron chi connectivity index (χ3n) is 3.01. The number of ether oxygens (including phenoxy) is 1. The Kier molecular flexibility index (Phi) is 3.99. The summed E-state index contributed by atoms with van der Waals surface area (Å²) in [6.07, 6.45) is 3.30. The molecule has 1 amide bonds. The molecule has 1 N–H and O–H groups in total. The van der Waals surface area contributed by atoms with Crippen molar-refractivity contribution in [3.05, 3.63) is 23.9 Å². The monoisotopic (exact) mass is 264 g/mol. The molecule has 0 radical (unpaired) electrons. The molecule has 1 aliphatic carbocycles. The number of amides is 1. The van der Waals surface area contributed by atoms with Crippen molar-refractivity contribution < 1.29 is 19.4 Å². The van der Waals surface area contributed by atoms with E-state index in [4.69, 9.17) is 9.84 Å². The van der Waals surface area contributed by atoms with Crippen LogP contribution in [-0.4, -0.2) is 46.6 Å². The highest BCUT2D eigenvalue weighted by atomic mass is 16.5. The quantitative estimate of drug-likeness (QED) is 0.834. The van der Waals surface area contributed by atoms with Gasteiger partial charge in [0.05, 0.1) is 19.1 Å². The Morgan fingerprint density at radius 1 is 1.47 bits per heavy atom. The summed E-state index contributed by atoms with van der Waals surface area (Å²) in [6.45, 7) is 0.241. The Morgan fingerprint density at radius 3 is 2.68 bits per heavy atom. The van der Waals surface area contributed by atoms with Crippen LogP contribution in [0.25, 0.3) is 0 Å². The molecule has 102 valence electrons. The Hall–Kier alpha value is -2.11. The highest BCUT2D eigenvalue weighted by molar-refractivity contribution is 5.94. The van der Waals surface area contributed by atoms with E-state index in [9.17, 15) is 9.59 Å². The van der Waals surface area contributed by atoms with Gasteiger partial charge in [-0.15, -0.1) is 0 Å². The number of methoxy groups -OCH3 is 1. The molecule has 6 heteroatoms. The minimum atomic E-state index is -0.897. The Labute approximate surface area is 111 Å². The molecule has 0 atom stereocenters. The van der Waals surface area contributed by atoms with Gasteiger partial charge in [-0.1, -0.05) is 0 Å². The lowest BCUT2D eigenvalue weighted by molar-refractivity contribution is -0.137. The number of carbonyl (C=O) groups is 2. The van der Waals surface area contributed by atoms with E-state index in [1.54, 1.807) is 17.0 Å². The SMILES string of the molecule is COc1ccc(C(=O)N(CCC(=O)O)C2CC2)cn1. The second-order valence-electron chi connectivity index (χ2n) is 4.46. The number of carbonyl (C=O) groups excluding carboxylic acids is 1. The van der Waals surface area contributed by atoms with Crippen molar-refractivity contribution >= 4 is 11.9 Å². The summed E-state index contributed by atoms with van der Waals surface area (Å²) in [6, 6.07) is 3.44. The third-order valence-corrected chi connectivity index (χ3v) is 3.01. The van der Waals surface area contributed by atoms with Gasteiger partial charge in [-0.25, -0.2) is 4.98 Å². The highest BCUT2D eigenvalue weighted by Crippen LogP contribution is 2.28. The van der Waals surface area contributed by atoms with Crippen LogP contribution in [0, 0.1) is 0 Å². The fraction of sp³-hybridized carbons (Fsp3) is 0.462. The number of carboxylic acids is 1. The standard InChI is InChI=1S/C13H16N2O4/c1-19-11-5-2-9(8-14-11)13(18)15(10-3-4-10)7-6-12(16)17/h2,5,8,10H,3-4,6-7H2,1H3,(H,16,17). The topological polar surface area (TPSA) is 79.7 Å². The number of aromatic nitrogens is 1. The Morgan fingerprint density at radius 2 is 2.21 bits per heavy atom. The number of carboxylic acid groups (broad SMARTS) is 1. The maximum absolute atomic E-state index is 12.3. The number of hydrogen-bond donors (Lipinski definition) is 1. The lowest BCUT2D eigenvalue weighted by Gasteiger charge is -2.21. The molecule has 19 heavy (non-hydrogen) atoms. The van der Waals surface area contributed by atoms with Crippen LogP contribution in [0.2, 0.25) is 0 Å². The van der Waals surface area contributed by atoms with Crippen LogP contribution < -0.4 is 4.74 Å². The zero-order chi connectivity index (χ0) is 13.8. The minimum Gasteiger partial charge on any atom is -0.481 e. The largest absolute Gasteiger partial charge is 0.481 e. The van der Waals surface area contributed by atoms with Crippen LogP contribution in [-0.2, 0) is 4.79 Å². The van der Waals surface area contributed by atoms with Crippen LogP contribution in [0.5, 0.6) is 5.88 Å².